The van der Waals surface area contributed by atoms with Crippen molar-refractivity contribution in [1.29, 1.82) is 0 Å². The first kappa shape index (κ1) is 17.1. The normalized spacial score (nSPS) is 12.0. The maximum absolute atomic E-state index is 13.0. The molecule has 1 heterocycles. The van der Waals surface area contributed by atoms with Gasteiger partial charge in [0, 0.05) is 35.0 Å². The van der Waals surface area contributed by atoms with Crippen molar-refractivity contribution < 1.29 is 9.53 Å². The topological polar surface area (TPSA) is 42.1 Å². The smallest absolute Gasteiger partial charge is 0.163 e. The summed E-state index contributed by atoms with van der Waals surface area (Å²) in [5, 5.41) is 1.16. The van der Waals surface area contributed by atoms with E-state index in [1.165, 1.54) is 0 Å². The van der Waals surface area contributed by atoms with Crippen LogP contribution in [0.2, 0.25) is 0 Å². The van der Waals surface area contributed by atoms with E-state index in [2.05, 4.69) is 29.2 Å². The largest absolute Gasteiger partial charge is 0.497 e. The molecule has 0 bridgehead atoms. The fourth-order valence-corrected chi connectivity index (χ4v) is 3.56. The van der Waals surface area contributed by atoms with Gasteiger partial charge in [-0.05, 0) is 41.5 Å². The Hall–Kier alpha value is -3.33. The Balaban J connectivity index is 1.71. The fraction of sp³-hybridized carbons (Fsp3) is 0.125. The Morgan fingerprint density at radius 2 is 1.63 bits per heavy atom. The first-order chi connectivity index (χ1) is 13.3. The number of nitrogens with one attached hydrogen (secondary N) is 1. The lowest BCUT2D eigenvalue weighted by Crippen LogP contribution is -2.09. The highest BCUT2D eigenvalue weighted by Gasteiger charge is 2.22. The minimum Gasteiger partial charge on any atom is -0.497 e. The number of carbonyl (C=O) groups is 1. The number of ketones is 1. The van der Waals surface area contributed by atoms with Crippen molar-refractivity contribution in [3.63, 3.8) is 0 Å². The molecule has 4 rings (SSSR count). The van der Waals surface area contributed by atoms with E-state index in [1.54, 1.807) is 7.11 Å². The number of hydrogen-bond acceptors (Lipinski definition) is 2. The average Bonchev–Trinajstić information content (AvgIpc) is 3.16. The highest BCUT2D eigenvalue weighted by atomic mass is 16.5. The third-order valence-corrected chi connectivity index (χ3v) is 5.00. The van der Waals surface area contributed by atoms with Gasteiger partial charge in [-0.15, -0.1) is 0 Å². The second kappa shape index (κ2) is 7.50. The quantitative estimate of drug-likeness (QED) is 0.459. The predicted molar refractivity (Wildman–Crippen MR) is 109 cm³/mol. The van der Waals surface area contributed by atoms with Gasteiger partial charge in [0.15, 0.2) is 5.78 Å². The highest BCUT2D eigenvalue weighted by Crippen LogP contribution is 2.34. The lowest BCUT2D eigenvalue weighted by atomic mass is 9.85. The summed E-state index contributed by atoms with van der Waals surface area (Å²) in [6.45, 7) is 0. The minimum absolute atomic E-state index is 0.00282. The summed E-state index contributed by atoms with van der Waals surface area (Å²) in [5.41, 5.74) is 4.09. The van der Waals surface area contributed by atoms with Gasteiger partial charge in [-0.3, -0.25) is 4.79 Å². The van der Waals surface area contributed by atoms with Gasteiger partial charge in [-0.25, -0.2) is 0 Å². The molecule has 0 radical (unpaired) electrons. The third-order valence-electron chi connectivity index (χ3n) is 5.00. The van der Waals surface area contributed by atoms with E-state index in [4.69, 9.17) is 4.74 Å². The molecule has 0 aliphatic rings. The SMILES string of the molecule is COc1ccc(C(=O)CC(c2ccccc2)c2c[nH]c3ccccc23)cc1. The summed E-state index contributed by atoms with van der Waals surface area (Å²) in [6.07, 6.45) is 2.45. The molecular weight excluding hydrogens is 334 g/mol. The van der Waals surface area contributed by atoms with Crippen LogP contribution in [0.1, 0.15) is 33.8 Å². The summed E-state index contributed by atoms with van der Waals surface area (Å²) < 4.78 is 5.19. The molecule has 3 aromatic carbocycles. The summed E-state index contributed by atoms with van der Waals surface area (Å²) in [5.74, 6) is 0.872. The van der Waals surface area contributed by atoms with Crippen LogP contribution < -0.4 is 4.74 Å². The molecule has 4 aromatic rings. The third kappa shape index (κ3) is 3.49. The van der Waals surface area contributed by atoms with Crippen LogP contribution in [-0.4, -0.2) is 17.9 Å². The van der Waals surface area contributed by atoms with Gasteiger partial charge in [0.2, 0.25) is 0 Å². The van der Waals surface area contributed by atoms with Crippen molar-refractivity contribution in [3.05, 3.63) is 102 Å². The molecule has 134 valence electrons. The van der Waals surface area contributed by atoms with Crippen molar-refractivity contribution in [2.75, 3.05) is 7.11 Å². The monoisotopic (exact) mass is 355 g/mol. The molecular formula is C24H21NO2. The Kier molecular flexibility index (Phi) is 4.75. The van der Waals surface area contributed by atoms with Crippen LogP contribution in [-0.2, 0) is 0 Å². The zero-order valence-corrected chi connectivity index (χ0v) is 15.2. The van der Waals surface area contributed by atoms with E-state index < -0.39 is 0 Å². The van der Waals surface area contributed by atoms with Crippen molar-refractivity contribution in [1.82, 2.24) is 4.98 Å². The number of ether oxygens (including phenoxy) is 1. The van der Waals surface area contributed by atoms with Crippen LogP contribution in [0.5, 0.6) is 5.75 Å². The van der Waals surface area contributed by atoms with E-state index in [0.717, 1.165) is 27.8 Å². The molecule has 1 aromatic heterocycles. The molecule has 3 nitrogen and oxygen atoms in total. The van der Waals surface area contributed by atoms with Gasteiger partial charge in [-0.2, -0.15) is 0 Å². The zero-order chi connectivity index (χ0) is 18.6. The first-order valence-corrected chi connectivity index (χ1v) is 9.04. The summed E-state index contributed by atoms with van der Waals surface area (Å²) >= 11 is 0. The average molecular weight is 355 g/mol. The van der Waals surface area contributed by atoms with Crippen LogP contribution in [0.3, 0.4) is 0 Å². The fourth-order valence-electron chi connectivity index (χ4n) is 3.56. The lowest BCUT2D eigenvalue weighted by molar-refractivity contribution is 0.0978. The Bertz CT molecular complexity index is 1050. The van der Waals surface area contributed by atoms with E-state index >= 15 is 0 Å². The second-order valence-electron chi connectivity index (χ2n) is 6.61. The number of fused-ring (bicyclic) bond motifs is 1. The van der Waals surface area contributed by atoms with Crippen LogP contribution in [0.15, 0.2) is 85.1 Å². The van der Waals surface area contributed by atoms with E-state index in [0.29, 0.717) is 12.0 Å². The van der Waals surface area contributed by atoms with Crippen molar-refractivity contribution in [3.8, 4) is 5.75 Å². The van der Waals surface area contributed by atoms with Crippen LogP contribution >= 0.6 is 0 Å². The number of aromatic amines is 1. The number of carbonyl (C=O) groups excluding carboxylic acids is 1. The molecule has 0 saturated heterocycles. The van der Waals surface area contributed by atoms with Crippen LogP contribution in [0, 0.1) is 0 Å². The number of aromatic nitrogens is 1. The summed E-state index contributed by atoms with van der Waals surface area (Å²) in [7, 11) is 1.62. The van der Waals surface area contributed by atoms with Crippen molar-refractivity contribution >= 4 is 16.7 Å². The molecule has 1 atom stereocenters. The number of benzene rings is 3. The Morgan fingerprint density at radius 3 is 2.37 bits per heavy atom. The van der Waals surface area contributed by atoms with Gasteiger partial charge in [0.05, 0.1) is 7.11 Å². The summed E-state index contributed by atoms with van der Waals surface area (Å²) in [6, 6.07) is 25.8. The zero-order valence-electron chi connectivity index (χ0n) is 15.2. The number of H-pyrrole nitrogens is 1. The molecule has 0 aliphatic heterocycles. The number of rotatable bonds is 6. The van der Waals surface area contributed by atoms with E-state index in [1.807, 2.05) is 60.8 Å². The Labute approximate surface area is 158 Å². The molecule has 3 heteroatoms. The van der Waals surface area contributed by atoms with Crippen LogP contribution in [0.4, 0.5) is 0 Å². The standard InChI is InChI=1S/C24H21NO2/c1-27-19-13-11-18(12-14-19)24(26)15-21(17-7-3-2-4-8-17)22-16-25-23-10-6-5-9-20(22)23/h2-14,16,21,25H,15H2,1H3. The molecule has 0 spiro atoms. The van der Waals surface area contributed by atoms with Crippen LogP contribution in [0.25, 0.3) is 10.9 Å². The molecule has 0 amide bonds. The maximum atomic E-state index is 13.0. The number of hydrogen-bond donors (Lipinski definition) is 1. The van der Waals surface area contributed by atoms with Gasteiger partial charge in [0.25, 0.3) is 0 Å². The minimum atomic E-state index is -0.00282. The molecule has 1 N–H and O–H groups in total. The second-order valence-corrected chi connectivity index (χ2v) is 6.61. The van der Waals surface area contributed by atoms with Crippen molar-refractivity contribution in [2.24, 2.45) is 0 Å². The number of methoxy groups -OCH3 is 1. The molecule has 0 saturated carbocycles. The predicted octanol–water partition coefficient (Wildman–Crippen LogP) is 5.58. The maximum Gasteiger partial charge on any atom is 0.163 e. The van der Waals surface area contributed by atoms with Crippen molar-refractivity contribution in [2.45, 2.75) is 12.3 Å². The molecule has 0 fully saturated rings. The number of para-hydroxylation sites is 1. The van der Waals surface area contributed by atoms with Gasteiger partial charge < -0.3 is 9.72 Å². The van der Waals surface area contributed by atoms with Gasteiger partial charge in [-0.1, -0.05) is 48.5 Å². The van der Waals surface area contributed by atoms with E-state index in [-0.39, 0.29) is 11.7 Å². The molecule has 27 heavy (non-hydrogen) atoms. The first-order valence-electron chi connectivity index (χ1n) is 9.04. The van der Waals surface area contributed by atoms with Gasteiger partial charge in [0.1, 0.15) is 5.75 Å². The molecule has 1 unspecified atom stereocenters. The Morgan fingerprint density at radius 1 is 0.926 bits per heavy atom. The lowest BCUT2D eigenvalue weighted by Gasteiger charge is -2.17. The summed E-state index contributed by atoms with van der Waals surface area (Å²) in [4.78, 5) is 16.3. The number of Topliss-reactive ketones (excluding diaryl/α,β-unsaturated/α-hetero) is 1. The molecule has 0 aliphatic carbocycles. The van der Waals surface area contributed by atoms with E-state index in [9.17, 15) is 4.79 Å². The van der Waals surface area contributed by atoms with Gasteiger partial charge >= 0.3 is 0 Å². The highest BCUT2D eigenvalue weighted by molar-refractivity contribution is 5.97.